The summed E-state index contributed by atoms with van der Waals surface area (Å²) in [4.78, 5) is 11.5. The van der Waals surface area contributed by atoms with Gasteiger partial charge >= 0.3 is 0 Å². The Hall–Kier alpha value is -1.27. The third-order valence-corrected chi connectivity index (χ3v) is 3.55. The van der Waals surface area contributed by atoms with Crippen molar-refractivity contribution in [3.8, 4) is 11.5 Å². The zero-order valence-electron chi connectivity index (χ0n) is 12.4. The van der Waals surface area contributed by atoms with Crippen LogP contribution in [0.15, 0.2) is 16.6 Å². The first kappa shape index (κ1) is 16.1. The van der Waals surface area contributed by atoms with Crippen LogP contribution in [0.25, 0.3) is 0 Å². The van der Waals surface area contributed by atoms with Crippen LogP contribution < -0.4 is 20.1 Å². The largest absolute Gasteiger partial charge is 0.486 e. The van der Waals surface area contributed by atoms with Gasteiger partial charge in [-0.25, -0.2) is 0 Å². The summed E-state index contributed by atoms with van der Waals surface area (Å²) in [5, 5.41) is 6.13. The number of carbonyl (C=O) groups excluding carboxylic acids is 1. The lowest BCUT2D eigenvalue weighted by atomic mass is 10.2. The Kier molecular flexibility index (Phi) is 5.87. The molecule has 0 saturated carbocycles. The van der Waals surface area contributed by atoms with E-state index in [0.29, 0.717) is 32.7 Å². The van der Waals surface area contributed by atoms with E-state index in [1.54, 1.807) is 0 Å². The van der Waals surface area contributed by atoms with E-state index >= 15 is 0 Å². The van der Waals surface area contributed by atoms with Gasteiger partial charge in [0.15, 0.2) is 11.5 Å². The van der Waals surface area contributed by atoms with Gasteiger partial charge in [-0.15, -0.1) is 0 Å². The highest BCUT2D eigenvalue weighted by molar-refractivity contribution is 9.10. The highest BCUT2D eigenvalue weighted by Gasteiger charge is 2.16. The van der Waals surface area contributed by atoms with E-state index in [1.165, 1.54) is 0 Å². The molecule has 2 N–H and O–H groups in total. The minimum absolute atomic E-state index is 0.0702. The number of fused-ring (bicyclic) bond motifs is 1. The fourth-order valence-corrected chi connectivity index (χ4v) is 2.70. The number of nitrogens with one attached hydrogen (secondary N) is 2. The lowest BCUT2D eigenvalue weighted by molar-refractivity contribution is -0.121. The van der Waals surface area contributed by atoms with E-state index in [2.05, 4.69) is 26.6 Å². The average molecular weight is 357 g/mol. The Bertz CT molecular complexity index is 506. The molecular formula is C15H21BrN2O3. The molecule has 0 unspecified atom stereocenters. The lowest BCUT2D eigenvalue weighted by Crippen LogP contribution is -2.32. The van der Waals surface area contributed by atoms with Gasteiger partial charge in [0.2, 0.25) is 5.91 Å². The summed E-state index contributed by atoms with van der Waals surface area (Å²) in [6.07, 6.45) is 0.476. The van der Waals surface area contributed by atoms with E-state index in [0.717, 1.165) is 21.5 Å². The summed E-state index contributed by atoms with van der Waals surface area (Å²) in [6, 6.07) is 4.17. The molecule has 1 aliphatic heterocycles. The minimum Gasteiger partial charge on any atom is -0.486 e. The fraction of sp³-hybridized carbons (Fsp3) is 0.533. The number of amides is 1. The molecule has 5 nitrogen and oxygen atoms in total. The molecule has 1 heterocycles. The van der Waals surface area contributed by atoms with Crippen molar-refractivity contribution < 1.29 is 14.3 Å². The molecule has 1 amide bonds. The van der Waals surface area contributed by atoms with Gasteiger partial charge in [-0.1, -0.05) is 0 Å². The summed E-state index contributed by atoms with van der Waals surface area (Å²) >= 11 is 3.50. The van der Waals surface area contributed by atoms with Crippen molar-refractivity contribution >= 4 is 21.8 Å². The quantitative estimate of drug-likeness (QED) is 0.767. The first-order valence-electron chi connectivity index (χ1n) is 7.14. The second kappa shape index (κ2) is 7.66. The molecule has 0 spiro atoms. The number of benzene rings is 1. The highest BCUT2D eigenvalue weighted by atomic mass is 79.9. The van der Waals surface area contributed by atoms with Crippen LogP contribution >= 0.6 is 15.9 Å². The van der Waals surface area contributed by atoms with Crippen molar-refractivity contribution in [3.63, 3.8) is 0 Å². The molecule has 2 rings (SSSR count). The molecule has 6 heteroatoms. The number of rotatable bonds is 6. The van der Waals surface area contributed by atoms with Crippen molar-refractivity contribution in [2.75, 3.05) is 19.8 Å². The molecule has 0 aromatic heterocycles. The van der Waals surface area contributed by atoms with Gasteiger partial charge in [0, 0.05) is 25.6 Å². The van der Waals surface area contributed by atoms with Gasteiger partial charge in [-0.2, -0.15) is 0 Å². The van der Waals surface area contributed by atoms with Crippen molar-refractivity contribution in [2.45, 2.75) is 32.9 Å². The predicted octanol–water partition coefficient (Wildman–Crippen LogP) is 2.22. The third kappa shape index (κ3) is 4.89. The summed E-state index contributed by atoms with van der Waals surface area (Å²) in [5.41, 5.74) is 1.09. The van der Waals surface area contributed by atoms with E-state index in [1.807, 2.05) is 26.0 Å². The van der Waals surface area contributed by atoms with E-state index in [9.17, 15) is 4.79 Å². The van der Waals surface area contributed by atoms with E-state index < -0.39 is 0 Å². The van der Waals surface area contributed by atoms with Gasteiger partial charge in [-0.3, -0.25) is 4.79 Å². The van der Waals surface area contributed by atoms with Crippen molar-refractivity contribution in [2.24, 2.45) is 0 Å². The van der Waals surface area contributed by atoms with Gasteiger partial charge in [0.25, 0.3) is 0 Å². The SMILES string of the molecule is CC(C)NC(=O)CCNCc1cc(Br)c2c(c1)OCCO2. The van der Waals surface area contributed by atoms with Crippen LogP contribution in [0.3, 0.4) is 0 Å². The third-order valence-electron chi connectivity index (χ3n) is 2.96. The summed E-state index contributed by atoms with van der Waals surface area (Å²) in [6.45, 7) is 6.39. The van der Waals surface area contributed by atoms with Crippen molar-refractivity contribution in [1.29, 1.82) is 0 Å². The van der Waals surface area contributed by atoms with Crippen molar-refractivity contribution in [1.82, 2.24) is 10.6 Å². The lowest BCUT2D eigenvalue weighted by Gasteiger charge is -2.20. The first-order chi connectivity index (χ1) is 10.1. The molecule has 21 heavy (non-hydrogen) atoms. The fourth-order valence-electron chi connectivity index (χ4n) is 2.10. The molecule has 116 valence electrons. The maximum atomic E-state index is 11.5. The molecule has 0 radical (unpaired) electrons. The first-order valence-corrected chi connectivity index (χ1v) is 7.93. The number of hydrogen-bond donors (Lipinski definition) is 2. The van der Waals surface area contributed by atoms with Crippen LogP contribution in [0.1, 0.15) is 25.8 Å². The Morgan fingerprint density at radius 2 is 2.10 bits per heavy atom. The maximum absolute atomic E-state index is 11.5. The average Bonchev–Trinajstić information content (AvgIpc) is 2.43. The van der Waals surface area contributed by atoms with Crippen LogP contribution in [0.5, 0.6) is 11.5 Å². The Labute approximate surface area is 133 Å². The molecule has 1 aromatic carbocycles. The Balaban J connectivity index is 1.81. The number of halogens is 1. The van der Waals surface area contributed by atoms with Gasteiger partial charge in [0.05, 0.1) is 4.47 Å². The van der Waals surface area contributed by atoms with Gasteiger partial charge in [0.1, 0.15) is 13.2 Å². The summed E-state index contributed by atoms with van der Waals surface area (Å²) < 4.78 is 12.0. The molecule has 0 saturated heterocycles. The monoisotopic (exact) mass is 356 g/mol. The number of ether oxygens (including phenoxy) is 2. The zero-order valence-corrected chi connectivity index (χ0v) is 14.0. The molecule has 1 aromatic rings. The highest BCUT2D eigenvalue weighted by Crippen LogP contribution is 2.38. The Morgan fingerprint density at radius 3 is 2.86 bits per heavy atom. The summed E-state index contributed by atoms with van der Waals surface area (Å²) in [7, 11) is 0. The van der Waals surface area contributed by atoms with Gasteiger partial charge < -0.3 is 20.1 Å². The molecule has 0 bridgehead atoms. The smallest absolute Gasteiger partial charge is 0.221 e. The zero-order chi connectivity index (χ0) is 15.2. The van der Waals surface area contributed by atoms with Crippen LogP contribution in [-0.4, -0.2) is 31.7 Å². The normalized spacial score (nSPS) is 13.3. The maximum Gasteiger partial charge on any atom is 0.221 e. The molecule has 0 aliphatic carbocycles. The molecule has 0 fully saturated rings. The summed E-state index contributed by atoms with van der Waals surface area (Å²) in [5.74, 6) is 1.60. The molecular weight excluding hydrogens is 336 g/mol. The molecule has 1 aliphatic rings. The van der Waals surface area contributed by atoms with Crippen LogP contribution in [0.2, 0.25) is 0 Å². The number of hydrogen-bond acceptors (Lipinski definition) is 4. The number of carbonyl (C=O) groups is 1. The second-order valence-electron chi connectivity index (χ2n) is 5.25. The standard InChI is InChI=1S/C15H21BrN2O3/c1-10(2)18-14(19)3-4-17-9-11-7-12(16)15-13(8-11)20-5-6-21-15/h7-8,10,17H,3-6,9H2,1-2H3,(H,18,19). The van der Waals surface area contributed by atoms with E-state index in [-0.39, 0.29) is 11.9 Å². The van der Waals surface area contributed by atoms with Crippen LogP contribution in [0.4, 0.5) is 0 Å². The second-order valence-corrected chi connectivity index (χ2v) is 6.11. The minimum atomic E-state index is 0.0702. The van der Waals surface area contributed by atoms with Crippen LogP contribution in [0, 0.1) is 0 Å². The van der Waals surface area contributed by atoms with Gasteiger partial charge in [-0.05, 0) is 47.5 Å². The molecule has 0 atom stereocenters. The van der Waals surface area contributed by atoms with Crippen molar-refractivity contribution in [3.05, 3.63) is 22.2 Å². The topological polar surface area (TPSA) is 59.6 Å². The van der Waals surface area contributed by atoms with E-state index in [4.69, 9.17) is 9.47 Å². The predicted molar refractivity (Wildman–Crippen MR) is 84.7 cm³/mol. The van der Waals surface area contributed by atoms with Crippen LogP contribution in [-0.2, 0) is 11.3 Å². The Morgan fingerprint density at radius 1 is 1.33 bits per heavy atom.